The number of anilines is 2. The van der Waals surface area contributed by atoms with Crippen LogP contribution in [0.2, 0.25) is 0 Å². The summed E-state index contributed by atoms with van der Waals surface area (Å²) in [7, 11) is 4.09. The number of thiophene rings is 3. The maximum absolute atomic E-state index is 5.88. The molecule has 0 radical (unpaired) electrons. The minimum atomic E-state index is 0.324. The zero-order valence-electron chi connectivity index (χ0n) is 71.8. The third-order valence-electron chi connectivity index (χ3n) is 23.1. The summed E-state index contributed by atoms with van der Waals surface area (Å²) in [6, 6.07) is 25.0. The van der Waals surface area contributed by atoms with Crippen LogP contribution in [0, 0.1) is 5.92 Å². The van der Waals surface area contributed by atoms with Gasteiger partial charge in [0.05, 0.1) is 92.3 Å². The van der Waals surface area contributed by atoms with Gasteiger partial charge in [-0.05, 0) is 186 Å². The average molecular weight is 1810 g/mol. The molecule has 24 aromatic heterocycles. The number of hydrogen-bond donors (Lipinski definition) is 11. The Labute approximate surface area is 767 Å². The van der Waals surface area contributed by atoms with Crippen molar-refractivity contribution in [1.29, 1.82) is 0 Å². The van der Waals surface area contributed by atoms with Crippen molar-refractivity contribution in [3.63, 3.8) is 0 Å². The Bertz CT molecular complexity index is 8040. The molecule has 1 aliphatic carbocycles. The highest BCUT2D eigenvalue weighted by atomic mass is 32.1. The standard InChI is InChI=1S/C28H26N8S.2C24H20N8S.C21H14N8O/c1-2-4-17(3-1)9-29-10-18-7-20(12-30-11-18)21-8-22-26(35-36-27(22)32-13-21)28-33-24-15-31-14-23(25(24)34-28)19-5-6-37-16-19;1-32(2)12-14-5-16(8-25-7-14)17-6-18-22(30-31-23(18)27-9-17)24-28-20-11-26-10-19(21(20)29-24)15-3-4-33-13-15;1-13(2)28-17-5-15(7-25-9-17)16-6-18-22(31-32-23(18)27-8-16)24-29-20-11-26-10-19(21(20)30-24)14-3-4-33-12-14;22-14-3-12(5-23-7-14)13-4-15-19(28-29-20(15)25-6-13)21-26-17-9-24-8-16(18(17)27-21)11-1-2-30-10-11/h5-8,11-17,29H,1-4,9-10H2,(H,33,34)(H,32,35,36);3-11,13H,12H2,1-2H3,(H,28,29)(H,27,30,31);3-13,28H,1-2H3,(H,29,30)(H,27,31,32);1-10H,22H2,(H,26,27)(H,25,28,29). The molecule has 24 aromatic rings. The number of furan rings is 1. The molecule has 1 fully saturated rings. The second kappa shape index (κ2) is 35.8. The maximum Gasteiger partial charge on any atom is 0.181 e. The van der Waals surface area contributed by atoms with E-state index in [9.17, 15) is 0 Å². The molecule has 0 atom stereocenters. The van der Waals surface area contributed by atoms with Crippen LogP contribution in [0.1, 0.15) is 50.7 Å². The summed E-state index contributed by atoms with van der Waals surface area (Å²) >= 11 is 4.97. The first kappa shape index (κ1) is 82.2. The Morgan fingerprint density at radius 2 is 0.767 bits per heavy atom. The number of fused-ring (bicyclic) bond motifs is 8. The summed E-state index contributed by atoms with van der Waals surface area (Å²) in [5.41, 5.74) is 38.2. The largest absolute Gasteiger partial charge is 0.472 e. The Kier molecular flexibility index (Phi) is 22.1. The number of hydrogen-bond acceptors (Lipinski definition) is 28. The number of imidazole rings is 4. The number of pyridine rings is 12. The van der Waals surface area contributed by atoms with Gasteiger partial charge in [-0.25, -0.2) is 39.9 Å². The minimum Gasteiger partial charge on any atom is -0.472 e. The molecule has 0 saturated heterocycles. The molecular weight excluding hydrogens is 1730 g/mol. The van der Waals surface area contributed by atoms with Crippen molar-refractivity contribution in [3.8, 4) is 135 Å². The van der Waals surface area contributed by atoms with Crippen molar-refractivity contribution in [2.75, 3.05) is 31.7 Å². The van der Waals surface area contributed by atoms with Crippen LogP contribution in [0.15, 0.2) is 246 Å². The highest BCUT2D eigenvalue weighted by molar-refractivity contribution is 7.08. The first-order valence-electron chi connectivity index (χ1n) is 42.9. The van der Waals surface area contributed by atoms with Gasteiger partial charge in [0.15, 0.2) is 45.9 Å². The predicted octanol–water partition coefficient (Wildman–Crippen LogP) is 20.0. The Morgan fingerprint density at radius 3 is 1.15 bits per heavy atom. The fraction of sp³-hybridized carbons (Fsp3) is 0.134. The van der Waals surface area contributed by atoms with Crippen LogP contribution in [0.4, 0.5) is 11.4 Å². The number of aromatic nitrogens is 28. The molecule has 1 saturated carbocycles. The van der Waals surface area contributed by atoms with E-state index in [1.54, 1.807) is 89.9 Å². The van der Waals surface area contributed by atoms with Crippen LogP contribution in [0.5, 0.6) is 0 Å². The molecular formula is C97H80N32OS3. The Hall–Kier alpha value is -16.5. The van der Waals surface area contributed by atoms with E-state index < -0.39 is 0 Å². The SMILES string of the molecule is CC(C)Nc1cncc(-c2cnc3n[nH]c(-c4nc5c(-c6ccsc6)cncc5[nH]4)c3c2)c1.CN(C)Cc1cncc(-c2cnc3n[nH]c(-c4nc5c(-c6ccsc6)cncc5[nH]4)c3c2)c1.Nc1cncc(-c2cnc3n[nH]c(-c4nc5c(-c6ccoc6)cncc5[nH]4)c3c2)c1.c1cc(-c2cncc3[nH]c(-c4[nH]nc5ncc(-c6cncc(CNCC7CCCC7)c6)cc45)nc23)cs1. The summed E-state index contributed by atoms with van der Waals surface area (Å²) < 4.78 is 5.21. The van der Waals surface area contributed by atoms with Gasteiger partial charge in [0, 0.05) is 191 Å². The summed E-state index contributed by atoms with van der Waals surface area (Å²) in [4.78, 5) is 88.4. The number of nitrogens with one attached hydrogen (secondary N) is 10. The number of nitrogens with zero attached hydrogens (tertiary/aromatic N) is 21. The molecule has 0 bridgehead atoms. The van der Waals surface area contributed by atoms with Crippen molar-refractivity contribution in [2.24, 2.45) is 5.92 Å². The lowest BCUT2D eigenvalue weighted by Crippen LogP contribution is -2.20. The molecule has 0 spiro atoms. The molecule has 0 unspecified atom stereocenters. The van der Waals surface area contributed by atoms with Gasteiger partial charge in [-0.15, -0.1) is 0 Å². The fourth-order valence-electron chi connectivity index (χ4n) is 16.8. The van der Waals surface area contributed by atoms with Crippen molar-refractivity contribution in [3.05, 3.63) is 253 Å². The molecule has 36 heteroatoms. The second-order valence-electron chi connectivity index (χ2n) is 32.9. The van der Waals surface area contributed by atoms with Gasteiger partial charge >= 0.3 is 0 Å². The number of nitrogens with two attached hydrogens (primary N) is 1. The quantitative estimate of drug-likeness (QED) is 0.0337. The summed E-state index contributed by atoms with van der Waals surface area (Å²) in [6.07, 6.45) is 45.1. The molecule has 24 heterocycles. The highest BCUT2D eigenvalue weighted by Crippen LogP contribution is 2.40. The monoisotopic (exact) mass is 1800 g/mol. The minimum absolute atomic E-state index is 0.324. The molecule has 0 amide bonds. The Balaban J connectivity index is 0.000000104. The van der Waals surface area contributed by atoms with Crippen LogP contribution >= 0.6 is 34.0 Å². The van der Waals surface area contributed by atoms with Gasteiger partial charge in [0.2, 0.25) is 0 Å². The molecule has 1 aliphatic rings. The topological polar surface area (TPSA) is 451 Å². The maximum atomic E-state index is 5.88. The molecule has 133 heavy (non-hydrogen) atoms. The van der Waals surface area contributed by atoms with Crippen LogP contribution in [0.3, 0.4) is 0 Å². The van der Waals surface area contributed by atoms with E-state index in [1.807, 2.05) is 113 Å². The lowest BCUT2D eigenvalue weighted by atomic mass is 10.1. The summed E-state index contributed by atoms with van der Waals surface area (Å²) in [5, 5.41) is 53.0. The first-order chi connectivity index (χ1) is 65.4. The normalized spacial score (nSPS) is 12.3. The summed E-state index contributed by atoms with van der Waals surface area (Å²) in [6.45, 7) is 6.93. The van der Waals surface area contributed by atoms with Crippen LogP contribution < -0.4 is 16.4 Å². The van der Waals surface area contributed by atoms with E-state index >= 15 is 0 Å². The summed E-state index contributed by atoms with van der Waals surface area (Å²) in [5.74, 6) is 3.58. The zero-order valence-corrected chi connectivity index (χ0v) is 74.2. The number of nitrogen functional groups attached to an aromatic ring is 1. The van der Waals surface area contributed by atoms with E-state index in [-0.39, 0.29) is 0 Å². The number of aromatic amines is 8. The van der Waals surface area contributed by atoms with Gasteiger partial charge in [-0.1, -0.05) is 12.8 Å². The Morgan fingerprint density at radius 1 is 0.398 bits per heavy atom. The van der Waals surface area contributed by atoms with Gasteiger partial charge < -0.3 is 45.6 Å². The second-order valence-corrected chi connectivity index (χ2v) is 35.3. The molecule has 12 N–H and O–H groups in total. The van der Waals surface area contributed by atoms with E-state index in [2.05, 4.69) is 237 Å². The molecule has 0 aliphatic heterocycles. The van der Waals surface area contributed by atoms with Crippen molar-refractivity contribution < 1.29 is 4.42 Å². The third kappa shape index (κ3) is 16.9. The van der Waals surface area contributed by atoms with E-state index in [0.717, 1.165) is 214 Å². The van der Waals surface area contributed by atoms with Crippen LogP contribution in [-0.2, 0) is 13.1 Å². The molecule has 25 rings (SSSR count). The van der Waals surface area contributed by atoms with Gasteiger partial charge in [-0.3, -0.25) is 60.3 Å². The van der Waals surface area contributed by atoms with E-state index in [1.165, 1.54) is 31.2 Å². The molecule has 0 aromatic carbocycles. The van der Waals surface area contributed by atoms with E-state index in [0.29, 0.717) is 57.6 Å². The van der Waals surface area contributed by atoms with Crippen molar-refractivity contribution in [2.45, 2.75) is 58.7 Å². The van der Waals surface area contributed by atoms with Gasteiger partial charge in [-0.2, -0.15) is 54.4 Å². The zero-order chi connectivity index (χ0) is 89.4. The number of rotatable bonds is 20. The lowest BCUT2D eigenvalue weighted by Gasteiger charge is -2.11. The molecule has 33 nitrogen and oxygen atoms in total. The van der Waals surface area contributed by atoms with Gasteiger partial charge in [0.1, 0.15) is 44.8 Å². The molecule has 652 valence electrons. The highest BCUT2D eigenvalue weighted by Gasteiger charge is 2.24. The first-order valence-corrected chi connectivity index (χ1v) is 45.7. The van der Waals surface area contributed by atoms with Crippen molar-refractivity contribution >= 4 is 134 Å². The van der Waals surface area contributed by atoms with E-state index in [4.69, 9.17) is 30.1 Å². The fourth-order valence-corrected chi connectivity index (χ4v) is 18.7. The van der Waals surface area contributed by atoms with Gasteiger partial charge in [0.25, 0.3) is 0 Å². The lowest BCUT2D eigenvalue weighted by molar-refractivity contribution is 0.402. The third-order valence-corrected chi connectivity index (χ3v) is 25.2. The average Bonchev–Trinajstić information content (AvgIpc) is 1.63. The predicted molar refractivity (Wildman–Crippen MR) is 522 cm³/mol. The van der Waals surface area contributed by atoms with Crippen molar-refractivity contribution in [1.82, 2.24) is 151 Å². The van der Waals surface area contributed by atoms with Crippen LogP contribution in [-0.4, -0.2) is 172 Å². The number of H-pyrrole nitrogens is 8. The smallest absolute Gasteiger partial charge is 0.181 e. The van der Waals surface area contributed by atoms with Crippen LogP contribution in [0.25, 0.3) is 223 Å².